The Morgan fingerprint density at radius 3 is 2.41 bits per heavy atom. The molecule has 0 unspecified atom stereocenters. The number of rotatable bonds is 6. The van der Waals surface area contributed by atoms with Crippen LogP contribution in [0.3, 0.4) is 0 Å². The van der Waals surface area contributed by atoms with Crippen LogP contribution in [0.2, 0.25) is 10.0 Å². The molecule has 1 amide bonds. The van der Waals surface area contributed by atoms with E-state index in [-0.39, 0.29) is 45.6 Å². The Balaban J connectivity index is 2.10. The second-order valence-corrected chi connectivity index (χ2v) is 8.80. The van der Waals surface area contributed by atoms with E-state index in [1.807, 2.05) is 0 Å². The van der Waals surface area contributed by atoms with Crippen LogP contribution >= 0.6 is 23.2 Å². The topological polar surface area (TPSA) is 90.0 Å². The number of likely N-dealkylation sites (tertiary alicyclic amines) is 1. The summed E-state index contributed by atoms with van der Waals surface area (Å²) in [5.74, 6) is -0.342. The quantitative estimate of drug-likeness (QED) is 0.501. The van der Waals surface area contributed by atoms with Gasteiger partial charge in [-0.2, -0.15) is 8.42 Å². The number of nitrogens with zero attached hydrogens (tertiary/aromatic N) is 1. The third-order valence-electron chi connectivity index (χ3n) is 4.42. The standard InChI is InChI=1S/C17H21Cl2NO6S/c1-25-15(21)9-11-5-7-20(8-6-11)17(22)12-3-4-14(18)13(16(12)19)10-26-27(2,23)24/h3-4,11H,5-10H2,1-2H3. The summed E-state index contributed by atoms with van der Waals surface area (Å²) in [6, 6.07) is 3.00. The SMILES string of the molecule is COC(=O)CC1CCN(C(=O)c2ccc(Cl)c(COS(C)(=O)=O)c2Cl)CC1. The largest absolute Gasteiger partial charge is 0.469 e. The lowest BCUT2D eigenvalue weighted by Gasteiger charge is -2.32. The van der Waals surface area contributed by atoms with Crippen LogP contribution in [0.5, 0.6) is 0 Å². The molecule has 150 valence electrons. The molecule has 0 aliphatic carbocycles. The Kier molecular flexibility index (Phi) is 7.50. The minimum Gasteiger partial charge on any atom is -0.469 e. The zero-order valence-electron chi connectivity index (χ0n) is 15.0. The van der Waals surface area contributed by atoms with Crippen molar-refractivity contribution in [1.29, 1.82) is 0 Å². The maximum absolute atomic E-state index is 12.8. The van der Waals surface area contributed by atoms with Gasteiger partial charge in [0, 0.05) is 30.1 Å². The van der Waals surface area contributed by atoms with Crippen molar-refractivity contribution in [3.05, 3.63) is 33.3 Å². The maximum atomic E-state index is 12.8. The molecule has 7 nitrogen and oxygen atoms in total. The Hall–Kier alpha value is -1.35. The molecule has 2 rings (SSSR count). The second-order valence-electron chi connectivity index (χ2n) is 6.37. The highest BCUT2D eigenvalue weighted by Gasteiger charge is 2.27. The molecule has 0 radical (unpaired) electrons. The van der Waals surface area contributed by atoms with Crippen molar-refractivity contribution in [2.24, 2.45) is 5.92 Å². The number of carbonyl (C=O) groups is 2. The number of carbonyl (C=O) groups excluding carboxylic acids is 2. The van der Waals surface area contributed by atoms with Crippen LogP contribution < -0.4 is 0 Å². The summed E-state index contributed by atoms with van der Waals surface area (Å²) in [5.41, 5.74) is 0.481. The highest BCUT2D eigenvalue weighted by molar-refractivity contribution is 7.85. The molecule has 1 heterocycles. The van der Waals surface area contributed by atoms with Crippen molar-refractivity contribution >= 4 is 45.2 Å². The number of hydrogen-bond acceptors (Lipinski definition) is 6. The van der Waals surface area contributed by atoms with Crippen molar-refractivity contribution in [3.63, 3.8) is 0 Å². The van der Waals surface area contributed by atoms with Crippen molar-refractivity contribution in [2.45, 2.75) is 25.9 Å². The van der Waals surface area contributed by atoms with Gasteiger partial charge in [-0.05, 0) is 30.9 Å². The van der Waals surface area contributed by atoms with Gasteiger partial charge in [0.1, 0.15) is 0 Å². The van der Waals surface area contributed by atoms with Gasteiger partial charge in [0.05, 0.1) is 30.6 Å². The fourth-order valence-corrected chi connectivity index (χ4v) is 3.78. The third-order valence-corrected chi connectivity index (χ3v) is 5.75. The third kappa shape index (κ3) is 6.07. The molecule has 27 heavy (non-hydrogen) atoms. The van der Waals surface area contributed by atoms with E-state index < -0.39 is 10.1 Å². The summed E-state index contributed by atoms with van der Waals surface area (Å²) in [6.07, 6.45) is 2.64. The second kappa shape index (κ2) is 9.23. The highest BCUT2D eigenvalue weighted by atomic mass is 35.5. The minimum absolute atomic E-state index is 0.0767. The zero-order chi connectivity index (χ0) is 20.2. The number of benzene rings is 1. The molecule has 0 aromatic heterocycles. The predicted octanol–water partition coefficient (Wildman–Crippen LogP) is 2.88. The molecule has 10 heteroatoms. The first-order valence-electron chi connectivity index (χ1n) is 8.29. The molecule has 0 saturated carbocycles. The Labute approximate surface area is 168 Å². The maximum Gasteiger partial charge on any atom is 0.305 e. The van der Waals surface area contributed by atoms with Crippen LogP contribution in [0, 0.1) is 5.92 Å². The van der Waals surface area contributed by atoms with Crippen LogP contribution in [0.15, 0.2) is 12.1 Å². The lowest BCUT2D eigenvalue weighted by Crippen LogP contribution is -2.39. The summed E-state index contributed by atoms with van der Waals surface area (Å²) in [6.45, 7) is 0.641. The number of halogens is 2. The molecule has 1 aromatic carbocycles. The first-order valence-corrected chi connectivity index (χ1v) is 10.9. The first kappa shape index (κ1) is 21.9. The van der Waals surface area contributed by atoms with Gasteiger partial charge in [-0.25, -0.2) is 0 Å². The molecular weight excluding hydrogens is 417 g/mol. The van der Waals surface area contributed by atoms with E-state index in [2.05, 4.69) is 4.74 Å². The normalized spacial score (nSPS) is 15.6. The van der Waals surface area contributed by atoms with Crippen LogP contribution in [-0.2, 0) is 30.4 Å². The van der Waals surface area contributed by atoms with Gasteiger partial charge in [0.2, 0.25) is 0 Å². The van der Waals surface area contributed by atoms with Crippen molar-refractivity contribution in [1.82, 2.24) is 4.90 Å². The van der Waals surface area contributed by atoms with Crippen LogP contribution in [0.1, 0.15) is 35.2 Å². The fraction of sp³-hybridized carbons (Fsp3) is 0.529. The van der Waals surface area contributed by atoms with E-state index in [4.69, 9.17) is 27.4 Å². The van der Waals surface area contributed by atoms with E-state index >= 15 is 0 Å². The highest BCUT2D eigenvalue weighted by Crippen LogP contribution is 2.31. The smallest absolute Gasteiger partial charge is 0.305 e. The van der Waals surface area contributed by atoms with Gasteiger partial charge in [0.15, 0.2) is 0 Å². The number of methoxy groups -OCH3 is 1. The summed E-state index contributed by atoms with van der Waals surface area (Å²) in [5, 5.41) is 0.296. The van der Waals surface area contributed by atoms with Crippen molar-refractivity contribution < 1.29 is 26.9 Å². The van der Waals surface area contributed by atoms with E-state index in [0.29, 0.717) is 32.4 Å². The van der Waals surface area contributed by atoms with Crippen molar-refractivity contribution in [2.75, 3.05) is 26.5 Å². The van der Waals surface area contributed by atoms with Gasteiger partial charge >= 0.3 is 5.97 Å². The van der Waals surface area contributed by atoms with Gasteiger partial charge in [-0.15, -0.1) is 0 Å². The lowest BCUT2D eigenvalue weighted by atomic mass is 9.93. The Morgan fingerprint density at radius 2 is 1.85 bits per heavy atom. The number of amides is 1. The number of ether oxygens (including phenoxy) is 1. The Morgan fingerprint density at radius 1 is 1.22 bits per heavy atom. The lowest BCUT2D eigenvalue weighted by molar-refractivity contribution is -0.142. The molecule has 0 N–H and O–H groups in total. The van der Waals surface area contributed by atoms with E-state index in [9.17, 15) is 18.0 Å². The molecule has 0 atom stereocenters. The van der Waals surface area contributed by atoms with Gasteiger partial charge < -0.3 is 9.64 Å². The molecular formula is C17H21Cl2NO6S. The fourth-order valence-electron chi connectivity index (χ4n) is 2.89. The van der Waals surface area contributed by atoms with Crippen LogP contribution in [0.25, 0.3) is 0 Å². The average molecular weight is 438 g/mol. The van der Waals surface area contributed by atoms with E-state index in [0.717, 1.165) is 6.26 Å². The van der Waals surface area contributed by atoms with Gasteiger partial charge in [-0.1, -0.05) is 23.2 Å². The molecule has 1 aromatic rings. The summed E-state index contributed by atoms with van der Waals surface area (Å²) >= 11 is 12.4. The number of piperidine rings is 1. The molecule has 1 aliphatic heterocycles. The molecule has 1 saturated heterocycles. The zero-order valence-corrected chi connectivity index (χ0v) is 17.4. The Bertz CT molecular complexity index is 819. The van der Waals surface area contributed by atoms with E-state index in [1.54, 1.807) is 4.90 Å². The van der Waals surface area contributed by atoms with Crippen molar-refractivity contribution in [3.8, 4) is 0 Å². The summed E-state index contributed by atoms with van der Waals surface area (Å²) in [7, 11) is -2.32. The minimum atomic E-state index is -3.68. The van der Waals surface area contributed by atoms with Gasteiger partial charge in [0.25, 0.3) is 16.0 Å². The molecule has 1 fully saturated rings. The summed E-state index contributed by atoms with van der Waals surface area (Å²) < 4.78 is 31.8. The summed E-state index contributed by atoms with van der Waals surface area (Å²) in [4.78, 5) is 25.9. The molecule has 0 spiro atoms. The predicted molar refractivity (Wildman–Crippen MR) is 101 cm³/mol. The van der Waals surface area contributed by atoms with E-state index in [1.165, 1.54) is 19.2 Å². The van der Waals surface area contributed by atoms with Gasteiger partial charge in [-0.3, -0.25) is 13.8 Å². The first-order chi connectivity index (χ1) is 12.6. The number of esters is 1. The number of hydrogen-bond donors (Lipinski definition) is 0. The molecule has 1 aliphatic rings. The van der Waals surface area contributed by atoms with Crippen LogP contribution in [0.4, 0.5) is 0 Å². The average Bonchev–Trinajstić information content (AvgIpc) is 2.60. The van der Waals surface area contributed by atoms with Crippen LogP contribution in [-0.4, -0.2) is 51.6 Å². The molecule has 0 bridgehead atoms. The monoisotopic (exact) mass is 437 g/mol.